The molecule has 15 heteroatoms. The highest BCUT2D eigenvalue weighted by Gasteiger charge is 2.30. The molecule has 10 nitrogen and oxygen atoms in total. The summed E-state index contributed by atoms with van der Waals surface area (Å²) >= 11 is 9.03. The summed E-state index contributed by atoms with van der Waals surface area (Å²) in [5, 5.41) is 33.8. The van der Waals surface area contributed by atoms with E-state index in [1.54, 1.807) is 34.0 Å². The second-order valence-corrected chi connectivity index (χ2v) is 41.6. The van der Waals surface area contributed by atoms with Crippen LogP contribution in [0, 0.1) is 0 Å². The van der Waals surface area contributed by atoms with Crippen LogP contribution < -0.4 is 0 Å². The summed E-state index contributed by atoms with van der Waals surface area (Å²) in [6.45, 7) is 0. The highest BCUT2D eigenvalue weighted by molar-refractivity contribution is 7.28. The van der Waals surface area contributed by atoms with Gasteiger partial charge in [0.15, 0.2) is 5.58 Å². The fraction of sp³-hybridized carbons (Fsp3) is 0. The molecule has 12 aromatic heterocycles. The molecule has 0 fully saturated rings. The van der Waals surface area contributed by atoms with Crippen molar-refractivity contribution >= 4 is 310 Å². The number of furan rings is 1. The maximum absolute atomic E-state index is 6.61. The topological polar surface area (TPSA) is 105 Å². The molecule has 0 aliphatic heterocycles. The Morgan fingerprint density at radius 1 is 0.184 bits per heavy atom. The lowest BCUT2D eigenvalue weighted by molar-refractivity contribution is 0.666. The quantitative estimate of drug-likeness (QED) is 0.163. The SMILES string of the molecule is c1ccc2c(c1)ccc1c2c2ccc3ccccc3c2n1-c1nc(-c2cccc3c2sc2ccccc23)c2c(n1)sc1ccccc12.c1ccc2c(c1)ccc1c2c2ccc3ccccc3c2n1-c1nc(-c2cccc3c2sc2ccccc23)c2oc3ccccc3c2n1.c1ccc2c(c1)ccc1c2c2ccc3ccccc3c2n1-c1nc(-c2cccc3c2sc2ccccc23)c2sc3ccccc3c2n1. The van der Waals surface area contributed by atoms with Crippen LogP contribution in [0.3, 0.4) is 0 Å². The van der Waals surface area contributed by atoms with Crippen molar-refractivity contribution in [3.8, 4) is 51.6 Å². The predicted molar refractivity (Wildman–Crippen MR) is 602 cm³/mol. The van der Waals surface area contributed by atoms with Gasteiger partial charge in [-0.1, -0.05) is 358 Å². The average molecular weight is 1890 g/mol. The summed E-state index contributed by atoms with van der Waals surface area (Å²) < 4.78 is 24.6. The van der Waals surface area contributed by atoms with Crippen LogP contribution >= 0.6 is 56.7 Å². The lowest BCUT2D eigenvalue weighted by Crippen LogP contribution is -2.03. The molecular formula is C126H69N9OS5. The minimum atomic E-state index is 0.629. The Bertz CT molecular complexity index is 10800. The Hall–Kier alpha value is -17.3. The van der Waals surface area contributed by atoms with Gasteiger partial charge in [0.1, 0.15) is 21.6 Å². The number of hydrogen-bond acceptors (Lipinski definition) is 12. The molecule has 0 saturated carbocycles. The van der Waals surface area contributed by atoms with E-state index in [-0.39, 0.29) is 0 Å². The van der Waals surface area contributed by atoms with Crippen molar-refractivity contribution in [1.82, 2.24) is 43.6 Å². The van der Waals surface area contributed by atoms with Crippen LogP contribution in [0.5, 0.6) is 0 Å². The third kappa shape index (κ3) is 11.7. The van der Waals surface area contributed by atoms with Crippen LogP contribution in [0.25, 0.3) is 305 Å². The van der Waals surface area contributed by atoms with Crippen molar-refractivity contribution in [1.29, 1.82) is 0 Å². The summed E-state index contributed by atoms with van der Waals surface area (Å²) in [6, 6.07) is 150. The summed E-state index contributed by atoms with van der Waals surface area (Å²) in [7, 11) is 0. The van der Waals surface area contributed by atoms with E-state index in [9.17, 15) is 0 Å². The van der Waals surface area contributed by atoms with Gasteiger partial charge in [0.2, 0.25) is 17.8 Å². The summed E-state index contributed by atoms with van der Waals surface area (Å²) in [5.41, 5.74) is 16.1. The number of fused-ring (bicyclic) bond motifs is 39. The number of benzene rings is 21. The molecule has 0 bridgehead atoms. The monoisotopic (exact) mass is 1880 g/mol. The minimum absolute atomic E-state index is 0.629. The average Bonchev–Trinajstić information content (AvgIpc) is 1.56. The Kier molecular flexibility index (Phi) is 17.1. The Morgan fingerprint density at radius 3 is 0.936 bits per heavy atom. The van der Waals surface area contributed by atoms with Crippen molar-refractivity contribution in [2.24, 2.45) is 0 Å². The van der Waals surface area contributed by atoms with E-state index in [1.807, 2.05) is 40.9 Å². The molecule has 654 valence electrons. The molecule has 0 amide bonds. The third-order valence-corrected chi connectivity index (χ3v) is 34.7. The molecule has 0 unspecified atom stereocenters. The third-order valence-electron chi connectivity index (χ3n) is 28.8. The first-order valence-corrected chi connectivity index (χ1v) is 51.4. The minimum Gasteiger partial charge on any atom is -0.452 e. The second kappa shape index (κ2) is 30.6. The van der Waals surface area contributed by atoms with Gasteiger partial charge in [-0.25, -0.2) is 29.9 Å². The smallest absolute Gasteiger partial charge is 0.236 e. The standard InChI is InChI=1S/C42H23N3OS.2C42H23N3S2/c1-3-12-26-24(10-1)21-23-33-36(26)31-22-20-25-11-2-4-13-27(25)39(31)45(33)42-43-37-30-15-5-7-18-34(30)46-40(37)38(44-42)32-17-9-16-29-28-14-6-8-19-35(28)47-41(29)32;1-3-12-26-24(10-1)21-23-33-36(26)31-22-20-25-11-2-4-13-27(25)39(31)45(33)42-43-37-30-15-6-8-19-35(30)47-41(37)38(44-42)32-17-9-16-29-28-14-5-7-18-34(28)46-40(29)32;1-3-12-26-24(10-1)21-23-33-36(26)31-22-20-25-11-2-4-13-27(25)39(31)45(33)42-43-38(37-30-15-6-8-19-35(30)47-41(37)44-42)32-17-9-16-29-28-14-5-7-18-34(28)46-40(29)32/h3*1-23H. The largest absolute Gasteiger partial charge is 0.452 e. The molecule has 0 aliphatic carbocycles. The van der Waals surface area contributed by atoms with Gasteiger partial charge in [-0.2, -0.15) is 0 Å². The lowest BCUT2D eigenvalue weighted by atomic mass is 10.0. The highest BCUT2D eigenvalue weighted by Crippen LogP contribution is 2.53. The van der Waals surface area contributed by atoms with Crippen LogP contribution in [0.4, 0.5) is 0 Å². The van der Waals surface area contributed by atoms with Crippen molar-refractivity contribution < 1.29 is 4.42 Å². The zero-order valence-corrected chi connectivity index (χ0v) is 78.9. The van der Waals surface area contributed by atoms with E-state index >= 15 is 0 Å². The molecule has 0 N–H and O–H groups in total. The van der Waals surface area contributed by atoms with E-state index in [0.717, 1.165) is 109 Å². The molecule has 21 aromatic carbocycles. The Morgan fingerprint density at radius 2 is 0.489 bits per heavy atom. The van der Waals surface area contributed by atoms with Gasteiger partial charge in [-0.15, -0.1) is 56.7 Å². The number of para-hydroxylation sites is 1. The van der Waals surface area contributed by atoms with Crippen LogP contribution in [-0.2, 0) is 0 Å². The summed E-state index contributed by atoms with van der Waals surface area (Å²) in [4.78, 5) is 33.9. The Balaban J connectivity index is 0.0000000972. The first-order chi connectivity index (χ1) is 69.9. The molecule has 0 saturated heterocycles. The van der Waals surface area contributed by atoms with Crippen molar-refractivity contribution in [3.63, 3.8) is 0 Å². The molecule has 33 aromatic rings. The van der Waals surface area contributed by atoms with Crippen LogP contribution in [0.15, 0.2) is 423 Å². The first-order valence-electron chi connectivity index (χ1n) is 47.3. The van der Waals surface area contributed by atoms with E-state index in [1.165, 1.54) is 172 Å². The van der Waals surface area contributed by atoms with Crippen molar-refractivity contribution in [2.75, 3.05) is 0 Å². The van der Waals surface area contributed by atoms with Crippen LogP contribution in [0.1, 0.15) is 0 Å². The molecule has 0 atom stereocenters. The zero-order chi connectivity index (χ0) is 91.9. The van der Waals surface area contributed by atoms with E-state index in [4.69, 9.17) is 34.3 Å². The zero-order valence-electron chi connectivity index (χ0n) is 74.8. The fourth-order valence-corrected chi connectivity index (χ4v) is 28.6. The van der Waals surface area contributed by atoms with Gasteiger partial charge in [0, 0.05) is 157 Å². The molecule has 0 radical (unpaired) electrons. The molecule has 12 heterocycles. The molecule has 0 spiro atoms. The van der Waals surface area contributed by atoms with Crippen LogP contribution in [-0.4, -0.2) is 43.6 Å². The number of nitrogens with zero attached hydrogens (tertiary/aromatic N) is 9. The van der Waals surface area contributed by atoms with Crippen molar-refractivity contribution in [3.05, 3.63) is 419 Å². The van der Waals surface area contributed by atoms with Crippen LogP contribution in [0.2, 0.25) is 0 Å². The Labute approximate surface area is 821 Å². The van der Waals surface area contributed by atoms with Gasteiger partial charge in [-0.05, 0) is 109 Å². The number of rotatable bonds is 6. The molecule has 33 rings (SSSR count). The van der Waals surface area contributed by atoms with E-state index in [2.05, 4.69) is 414 Å². The summed E-state index contributed by atoms with van der Waals surface area (Å²) in [6.07, 6.45) is 0. The normalized spacial score (nSPS) is 12.3. The lowest BCUT2D eigenvalue weighted by Gasteiger charge is -2.12. The fourth-order valence-electron chi connectivity index (χ4n) is 22.7. The molecule has 141 heavy (non-hydrogen) atoms. The van der Waals surface area contributed by atoms with Gasteiger partial charge in [0.25, 0.3) is 0 Å². The maximum Gasteiger partial charge on any atom is 0.236 e. The van der Waals surface area contributed by atoms with Crippen molar-refractivity contribution in [2.45, 2.75) is 0 Å². The van der Waals surface area contributed by atoms with Gasteiger partial charge in [-0.3, -0.25) is 13.7 Å². The molecule has 0 aliphatic rings. The highest BCUT2D eigenvalue weighted by atomic mass is 32.1. The van der Waals surface area contributed by atoms with E-state index in [0.29, 0.717) is 23.4 Å². The van der Waals surface area contributed by atoms with Gasteiger partial charge in [0.05, 0.1) is 54.7 Å². The molecular weight excluding hydrogens is 1820 g/mol. The van der Waals surface area contributed by atoms with Gasteiger partial charge < -0.3 is 4.42 Å². The van der Waals surface area contributed by atoms with E-state index < -0.39 is 0 Å². The number of aromatic nitrogens is 9. The summed E-state index contributed by atoms with van der Waals surface area (Å²) in [5.74, 6) is 2.02. The second-order valence-electron chi connectivity index (χ2n) is 36.4. The van der Waals surface area contributed by atoms with Gasteiger partial charge >= 0.3 is 0 Å². The number of thiophene rings is 5. The first kappa shape index (κ1) is 78.9. The maximum atomic E-state index is 6.61. The number of hydrogen-bond donors (Lipinski definition) is 0. The predicted octanol–water partition coefficient (Wildman–Crippen LogP) is 36.4.